The highest BCUT2D eigenvalue weighted by molar-refractivity contribution is 6.02. The molecule has 0 unspecified atom stereocenters. The number of rotatable bonds is 9. The fourth-order valence-electron chi connectivity index (χ4n) is 8.27. The summed E-state index contributed by atoms with van der Waals surface area (Å²) in [5, 5.41) is 6.42. The number of piperazine rings is 1. The molecular formula is C35H51N5O4. The van der Waals surface area contributed by atoms with Gasteiger partial charge < -0.3 is 30.1 Å². The van der Waals surface area contributed by atoms with Crippen LogP contribution >= 0.6 is 0 Å². The van der Waals surface area contributed by atoms with Gasteiger partial charge in [0.15, 0.2) is 0 Å². The van der Waals surface area contributed by atoms with Crippen molar-refractivity contribution in [2.24, 2.45) is 23.7 Å². The standard InChI is InChI=1S/C35H51N5O4/c1-22(2)25-10-12-26(13-11-25)36-32(41)29-28-14-15-35(44-28)30(29)34(43)40(17-7-16-39-20-18-38(5)19-21-39)31(35)33(42)37-27-9-6-8-23(3)24(27)4/h10-15,22-24,27-31H,6-9,16-21H2,1-5H3,(H,36,41)(H,37,42)/t23-,24-,27+,28-,29+,30-,31-,35-/m0/s1. The lowest BCUT2D eigenvalue weighted by Gasteiger charge is -2.38. The third kappa shape index (κ3) is 5.71. The zero-order valence-corrected chi connectivity index (χ0v) is 27.1. The molecule has 4 aliphatic heterocycles. The summed E-state index contributed by atoms with van der Waals surface area (Å²) < 4.78 is 6.57. The van der Waals surface area contributed by atoms with E-state index in [0.29, 0.717) is 30.0 Å². The zero-order valence-electron chi connectivity index (χ0n) is 27.1. The van der Waals surface area contributed by atoms with Gasteiger partial charge in [-0.15, -0.1) is 0 Å². The van der Waals surface area contributed by atoms with Gasteiger partial charge in [0.05, 0.1) is 17.9 Å². The summed E-state index contributed by atoms with van der Waals surface area (Å²) in [5.41, 5.74) is 0.762. The lowest BCUT2D eigenvalue weighted by Crippen LogP contribution is -2.58. The van der Waals surface area contributed by atoms with Crippen molar-refractivity contribution in [1.82, 2.24) is 20.0 Å². The smallest absolute Gasteiger partial charge is 0.246 e. The minimum Gasteiger partial charge on any atom is -0.359 e. The molecule has 44 heavy (non-hydrogen) atoms. The number of likely N-dealkylation sites (tertiary alicyclic amines) is 1. The SMILES string of the molecule is CC(C)c1ccc(NC(=O)[C@@H]2[C@@H]3C=C[C@]4(O3)[C@@H]2C(=O)N(CCCN2CCN(C)CC2)[C@H]4C(=O)N[C@@H]2CCC[C@H](C)[C@@H]2C)cc1. The van der Waals surface area contributed by atoms with E-state index in [4.69, 9.17) is 4.74 Å². The fraction of sp³-hybridized carbons (Fsp3) is 0.686. The van der Waals surface area contributed by atoms with E-state index >= 15 is 0 Å². The van der Waals surface area contributed by atoms with E-state index in [0.717, 1.165) is 52.0 Å². The van der Waals surface area contributed by atoms with Gasteiger partial charge in [0.25, 0.3) is 0 Å². The van der Waals surface area contributed by atoms with Crippen LogP contribution in [0.5, 0.6) is 0 Å². The summed E-state index contributed by atoms with van der Waals surface area (Å²) in [6.07, 6.45) is 7.25. The summed E-state index contributed by atoms with van der Waals surface area (Å²) in [7, 11) is 2.14. The lowest BCUT2D eigenvalue weighted by atomic mass is 9.73. The van der Waals surface area contributed by atoms with Crippen LogP contribution in [0.2, 0.25) is 0 Å². The fourth-order valence-corrected chi connectivity index (χ4v) is 8.27. The molecule has 0 radical (unpaired) electrons. The Hall–Kier alpha value is -2.75. The largest absolute Gasteiger partial charge is 0.359 e. The van der Waals surface area contributed by atoms with Gasteiger partial charge in [0, 0.05) is 44.5 Å². The van der Waals surface area contributed by atoms with Gasteiger partial charge in [0.1, 0.15) is 11.6 Å². The number of likely N-dealkylation sites (N-methyl/N-ethyl adjacent to an activating group) is 1. The molecule has 4 heterocycles. The highest BCUT2D eigenvalue weighted by Crippen LogP contribution is 2.55. The third-order valence-corrected chi connectivity index (χ3v) is 11.3. The Balaban J connectivity index is 1.23. The second kappa shape index (κ2) is 12.6. The number of nitrogens with one attached hydrogen (secondary N) is 2. The Bertz CT molecular complexity index is 1260. The van der Waals surface area contributed by atoms with Crippen molar-refractivity contribution in [3.63, 3.8) is 0 Å². The number of nitrogens with zero attached hydrogens (tertiary/aromatic N) is 3. The van der Waals surface area contributed by atoms with Crippen LogP contribution in [-0.2, 0) is 19.1 Å². The molecule has 6 rings (SSSR count). The lowest BCUT2D eigenvalue weighted by molar-refractivity contribution is -0.141. The molecule has 1 aliphatic carbocycles. The molecule has 0 aromatic heterocycles. The van der Waals surface area contributed by atoms with Crippen LogP contribution in [0.4, 0.5) is 5.69 Å². The molecule has 3 amide bonds. The minimum absolute atomic E-state index is 0.0690. The average Bonchev–Trinajstić information content (AvgIpc) is 3.64. The molecule has 9 heteroatoms. The number of hydrogen-bond acceptors (Lipinski definition) is 6. The number of fused-ring (bicyclic) bond motifs is 1. The molecular weight excluding hydrogens is 554 g/mol. The van der Waals surface area contributed by atoms with E-state index in [-0.39, 0.29) is 23.8 Å². The van der Waals surface area contributed by atoms with Gasteiger partial charge in [-0.25, -0.2) is 0 Å². The number of benzene rings is 1. The van der Waals surface area contributed by atoms with E-state index in [1.54, 1.807) is 4.90 Å². The van der Waals surface area contributed by atoms with Crippen molar-refractivity contribution in [3.8, 4) is 0 Å². The van der Waals surface area contributed by atoms with Crippen molar-refractivity contribution >= 4 is 23.4 Å². The van der Waals surface area contributed by atoms with E-state index in [2.05, 4.69) is 55.2 Å². The van der Waals surface area contributed by atoms with Gasteiger partial charge in [0.2, 0.25) is 17.7 Å². The van der Waals surface area contributed by atoms with Crippen LogP contribution in [0.25, 0.3) is 0 Å². The molecule has 1 aromatic carbocycles. The van der Waals surface area contributed by atoms with Crippen molar-refractivity contribution in [2.75, 3.05) is 51.6 Å². The van der Waals surface area contributed by atoms with Gasteiger partial charge in [-0.05, 0) is 61.9 Å². The first-order chi connectivity index (χ1) is 21.1. The number of ether oxygens (including phenoxy) is 1. The van der Waals surface area contributed by atoms with Crippen LogP contribution in [0.15, 0.2) is 36.4 Å². The monoisotopic (exact) mass is 605 g/mol. The Labute approximate surface area is 262 Å². The predicted octanol–water partition coefficient (Wildman–Crippen LogP) is 3.48. The maximum Gasteiger partial charge on any atom is 0.246 e. The Morgan fingerprint density at radius 1 is 1.02 bits per heavy atom. The quantitative estimate of drug-likeness (QED) is 0.419. The number of carbonyl (C=O) groups is 3. The third-order valence-electron chi connectivity index (χ3n) is 11.3. The normalized spacial score (nSPS) is 35.4. The van der Waals surface area contributed by atoms with Crippen LogP contribution in [0, 0.1) is 23.7 Å². The van der Waals surface area contributed by atoms with Crippen LogP contribution in [0.3, 0.4) is 0 Å². The minimum atomic E-state index is -1.13. The summed E-state index contributed by atoms with van der Waals surface area (Å²) in [4.78, 5) is 48.9. The molecule has 9 nitrogen and oxygen atoms in total. The number of anilines is 1. The predicted molar refractivity (Wildman–Crippen MR) is 171 cm³/mol. The van der Waals surface area contributed by atoms with Crippen LogP contribution < -0.4 is 10.6 Å². The maximum atomic E-state index is 14.3. The first kappa shape index (κ1) is 31.2. The molecule has 4 fully saturated rings. The molecule has 1 saturated carbocycles. The second-order valence-electron chi connectivity index (χ2n) is 14.4. The molecule has 2 N–H and O–H groups in total. The maximum absolute atomic E-state index is 14.3. The van der Waals surface area contributed by atoms with Gasteiger partial charge >= 0.3 is 0 Å². The molecule has 8 atom stereocenters. The Morgan fingerprint density at radius 3 is 2.45 bits per heavy atom. The Kier molecular flexibility index (Phi) is 8.92. The summed E-state index contributed by atoms with van der Waals surface area (Å²) in [5.74, 6) is -0.655. The molecule has 2 bridgehead atoms. The summed E-state index contributed by atoms with van der Waals surface area (Å²) in [6, 6.07) is 7.15. The van der Waals surface area contributed by atoms with Crippen molar-refractivity contribution in [2.45, 2.75) is 83.1 Å². The van der Waals surface area contributed by atoms with Crippen molar-refractivity contribution < 1.29 is 19.1 Å². The average molecular weight is 606 g/mol. The summed E-state index contributed by atoms with van der Waals surface area (Å²) in [6.45, 7) is 14.2. The van der Waals surface area contributed by atoms with Crippen molar-refractivity contribution in [3.05, 3.63) is 42.0 Å². The van der Waals surface area contributed by atoms with E-state index < -0.39 is 29.6 Å². The molecule has 1 aromatic rings. The van der Waals surface area contributed by atoms with E-state index in [9.17, 15) is 14.4 Å². The van der Waals surface area contributed by atoms with Gasteiger partial charge in [-0.3, -0.25) is 14.4 Å². The second-order valence-corrected chi connectivity index (χ2v) is 14.4. The first-order valence-electron chi connectivity index (χ1n) is 16.9. The zero-order chi connectivity index (χ0) is 31.2. The van der Waals surface area contributed by atoms with E-state index in [1.165, 1.54) is 12.0 Å². The topological polar surface area (TPSA) is 94.2 Å². The Morgan fingerprint density at radius 2 is 1.75 bits per heavy atom. The molecule has 1 spiro atoms. The number of carbonyl (C=O) groups excluding carboxylic acids is 3. The van der Waals surface area contributed by atoms with Gasteiger partial charge in [-0.2, -0.15) is 0 Å². The van der Waals surface area contributed by atoms with Crippen molar-refractivity contribution in [1.29, 1.82) is 0 Å². The van der Waals surface area contributed by atoms with Crippen LogP contribution in [0.1, 0.15) is 64.9 Å². The molecule has 5 aliphatic rings. The summed E-state index contributed by atoms with van der Waals surface area (Å²) >= 11 is 0. The highest BCUT2D eigenvalue weighted by Gasteiger charge is 2.72. The van der Waals surface area contributed by atoms with Gasteiger partial charge in [-0.1, -0.05) is 64.8 Å². The van der Waals surface area contributed by atoms with E-state index in [1.807, 2.05) is 36.4 Å². The number of amides is 3. The molecule has 240 valence electrons. The highest BCUT2D eigenvalue weighted by atomic mass is 16.5. The number of hydrogen-bond donors (Lipinski definition) is 2. The first-order valence-corrected chi connectivity index (χ1v) is 16.9. The molecule has 3 saturated heterocycles. The van der Waals surface area contributed by atoms with Crippen LogP contribution in [-0.4, -0.2) is 103 Å².